The second-order valence-electron chi connectivity index (χ2n) is 4.38. The molecule has 2 amide bonds. The summed E-state index contributed by atoms with van der Waals surface area (Å²) < 4.78 is 0. The van der Waals surface area contributed by atoms with Crippen molar-refractivity contribution in [2.75, 3.05) is 5.32 Å². The van der Waals surface area contributed by atoms with Crippen molar-refractivity contribution in [1.82, 2.24) is 5.32 Å². The maximum atomic E-state index is 11.6. The quantitative estimate of drug-likeness (QED) is 0.766. The number of urea groups is 1. The summed E-state index contributed by atoms with van der Waals surface area (Å²) in [7, 11) is 0. The van der Waals surface area contributed by atoms with Crippen LogP contribution in [0.1, 0.15) is 19.4 Å². The smallest absolute Gasteiger partial charge is 0.319 e. The van der Waals surface area contributed by atoms with E-state index in [0.29, 0.717) is 5.69 Å². The molecule has 0 aliphatic rings. The first-order chi connectivity index (χ1) is 8.40. The Hall–Kier alpha value is -2.04. The molecule has 1 aromatic carbocycles. The van der Waals surface area contributed by atoms with Crippen LogP contribution in [0.4, 0.5) is 10.5 Å². The molecule has 1 rings (SSSR count). The first-order valence-corrected chi connectivity index (χ1v) is 5.77. The number of anilines is 1. The first kappa shape index (κ1) is 14.0. The third-order valence-corrected chi connectivity index (χ3v) is 2.81. The van der Waals surface area contributed by atoms with Crippen LogP contribution in [0.5, 0.6) is 0 Å². The van der Waals surface area contributed by atoms with Crippen LogP contribution in [0.15, 0.2) is 24.3 Å². The molecule has 0 aliphatic carbocycles. The van der Waals surface area contributed by atoms with E-state index in [9.17, 15) is 9.59 Å². The number of benzene rings is 1. The zero-order chi connectivity index (χ0) is 13.7. The van der Waals surface area contributed by atoms with Crippen molar-refractivity contribution in [3.8, 4) is 0 Å². The fourth-order valence-corrected chi connectivity index (χ4v) is 1.35. The van der Waals surface area contributed by atoms with Crippen LogP contribution in [-0.2, 0) is 4.79 Å². The van der Waals surface area contributed by atoms with Crippen LogP contribution in [0, 0.1) is 12.8 Å². The molecule has 18 heavy (non-hydrogen) atoms. The lowest BCUT2D eigenvalue weighted by Crippen LogP contribution is -2.42. The zero-order valence-electron chi connectivity index (χ0n) is 10.7. The molecule has 5 heteroatoms. The lowest BCUT2D eigenvalue weighted by Gasteiger charge is -2.18. The molecule has 0 aliphatic heterocycles. The Balaban J connectivity index is 2.51. The first-order valence-electron chi connectivity index (χ1n) is 5.77. The molecule has 2 unspecified atom stereocenters. The summed E-state index contributed by atoms with van der Waals surface area (Å²) in [6.45, 7) is 5.17. The third kappa shape index (κ3) is 4.08. The SMILES string of the molecule is Cc1ccc(NC(=O)NC(C)C(C)C(=O)O)cc1. The van der Waals surface area contributed by atoms with Crippen molar-refractivity contribution in [2.45, 2.75) is 26.8 Å². The van der Waals surface area contributed by atoms with E-state index >= 15 is 0 Å². The minimum absolute atomic E-state index is 0.403. The monoisotopic (exact) mass is 250 g/mol. The van der Waals surface area contributed by atoms with Crippen molar-refractivity contribution in [2.24, 2.45) is 5.92 Å². The maximum Gasteiger partial charge on any atom is 0.319 e. The van der Waals surface area contributed by atoms with E-state index in [1.165, 1.54) is 0 Å². The van der Waals surface area contributed by atoms with Crippen LogP contribution in [0.3, 0.4) is 0 Å². The number of carboxylic acid groups (broad SMARTS) is 1. The summed E-state index contributed by atoms with van der Waals surface area (Å²) in [6.07, 6.45) is 0. The highest BCUT2D eigenvalue weighted by atomic mass is 16.4. The van der Waals surface area contributed by atoms with Gasteiger partial charge in [-0.15, -0.1) is 0 Å². The molecule has 0 fully saturated rings. The number of amides is 2. The summed E-state index contributed by atoms with van der Waals surface area (Å²) in [5.41, 5.74) is 1.78. The molecule has 98 valence electrons. The minimum atomic E-state index is -0.932. The van der Waals surface area contributed by atoms with Gasteiger partial charge in [-0.1, -0.05) is 17.7 Å². The summed E-state index contributed by atoms with van der Waals surface area (Å²) in [6, 6.07) is 6.52. The van der Waals surface area contributed by atoms with Crippen molar-refractivity contribution >= 4 is 17.7 Å². The van der Waals surface area contributed by atoms with Crippen LogP contribution in [0.25, 0.3) is 0 Å². The highest BCUT2D eigenvalue weighted by Gasteiger charge is 2.20. The van der Waals surface area contributed by atoms with E-state index in [-0.39, 0.29) is 0 Å². The van der Waals surface area contributed by atoms with Gasteiger partial charge in [0, 0.05) is 11.7 Å². The van der Waals surface area contributed by atoms with Gasteiger partial charge in [0.1, 0.15) is 0 Å². The number of carbonyl (C=O) groups is 2. The summed E-state index contributed by atoms with van der Waals surface area (Å²) in [4.78, 5) is 22.4. The minimum Gasteiger partial charge on any atom is -0.481 e. The number of carbonyl (C=O) groups excluding carboxylic acids is 1. The van der Waals surface area contributed by atoms with E-state index < -0.39 is 24.0 Å². The molecule has 0 bridgehead atoms. The average Bonchev–Trinajstić information content (AvgIpc) is 2.30. The van der Waals surface area contributed by atoms with Crippen LogP contribution < -0.4 is 10.6 Å². The largest absolute Gasteiger partial charge is 0.481 e. The van der Waals surface area contributed by atoms with Gasteiger partial charge in [0.15, 0.2) is 0 Å². The van der Waals surface area contributed by atoms with Gasteiger partial charge in [-0.3, -0.25) is 4.79 Å². The topological polar surface area (TPSA) is 78.4 Å². The summed E-state index contributed by atoms with van der Waals surface area (Å²) in [5.74, 6) is -1.56. The third-order valence-electron chi connectivity index (χ3n) is 2.81. The van der Waals surface area contributed by atoms with Crippen LogP contribution >= 0.6 is 0 Å². The maximum absolute atomic E-state index is 11.6. The van der Waals surface area contributed by atoms with Crippen molar-refractivity contribution < 1.29 is 14.7 Å². The molecular weight excluding hydrogens is 232 g/mol. The van der Waals surface area contributed by atoms with Crippen molar-refractivity contribution in [3.63, 3.8) is 0 Å². The van der Waals surface area contributed by atoms with E-state index in [1.54, 1.807) is 26.0 Å². The standard InChI is InChI=1S/C13H18N2O3/c1-8-4-6-11(7-5-8)15-13(18)14-10(3)9(2)12(16)17/h4-7,9-10H,1-3H3,(H,16,17)(H2,14,15,18). The average molecular weight is 250 g/mol. The Morgan fingerprint density at radius 1 is 1.17 bits per heavy atom. The Bertz CT molecular complexity index is 428. The zero-order valence-corrected chi connectivity index (χ0v) is 10.7. The predicted molar refractivity (Wildman–Crippen MR) is 69.6 cm³/mol. The van der Waals surface area contributed by atoms with Gasteiger partial charge < -0.3 is 15.7 Å². The predicted octanol–water partition coefficient (Wildman–Crippen LogP) is 2.23. The van der Waals surface area contributed by atoms with E-state index in [0.717, 1.165) is 5.56 Å². The van der Waals surface area contributed by atoms with Gasteiger partial charge >= 0.3 is 12.0 Å². The molecule has 0 saturated heterocycles. The van der Waals surface area contributed by atoms with Crippen LogP contribution in [0.2, 0.25) is 0 Å². The van der Waals surface area contributed by atoms with Crippen molar-refractivity contribution in [1.29, 1.82) is 0 Å². The number of rotatable bonds is 4. The molecule has 5 nitrogen and oxygen atoms in total. The van der Waals surface area contributed by atoms with Gasteiger partial charge in [-0.25, -0.2) is 4.79 Å². The number of aryl methyl sites for hydroxylation is 1. The fourth-order valence-electron chi connectivity index (χ4n) is 1.35. The Kier molecular flexibility index (Phi) is 4.71. The lowest BCUT2D eigenvalue weighted by molar-refractivity contribution is -0.141. The van der Waals surface area contributed by atoms with Gasteiger partial charge in [0.2, 0.25) is 0 Å². The molecule has 0 saturated carbocycles. The molecule has 0 radical (unpaired) electrons. The number of hydrogen-bond donors (Lipinski definition) is 3. The molecule has 1 aromatic rings. The molecule has 0 spiro atoms. The summed E-state index contributed by atoms with van der Waals surface area (Å²) in [5, 5.41) is 14.1. The van der Waals surface area contributed by atoms with Crippen LogP contribution in [-0.4, -0.2) is 23.1 Å². The molecule has 3 N–H and O–H groups in total. The number of hydrogen-bond acceptors (Lipinski definition) is 2. The lowest BCUT2D eigenvalue weighted by atomic mass is 10.0. The van der Waals surface area contributed by atoms with Gasteiger partial charge in [0.25, 0.3) is 0 Å². The molecule has 2 atom stereocenters. The van der Waals surface area contributed by atoms with E-state index in [1.807, 2.05) is 19.1 Å². The van der Waals surface area contributed by atoms with Gasteiger partial charge in [-0.05, 0) is 32.9 Å². The Morgan fingerprint density at radius 2 is 1.72 bits per heavy atom. The Morgan fingerprint density at radius 3 is 2.22 bits per heavy atom. The summed E-state index contributed by atoms with van der Waals surface area (Å²) >= 11 is 0. The van der Waals surface area contributed by atoms with Gasteiger partial charge in [-0.2, -0.15) is 0 Å². The van der Waals surface area contributed by atoms with E-state index in [2.05, 4.69) is 10.6 Å². The second kappa shape index (κ2) is 6.05. The Labute approximate surface area is 106 Å². The van der Waals surface area contributed by atoms with Crippen molar-refractivity contribution in [3.05, 3.63) is 29.8 Å². The molecule has 0 aromatic heterocycles. The highest BCUT2D eigenvalue weighted by molar-refractivity contribution is 5.89. The number of aliphatic carboxylic acids is 1. The fraction of sp³-hybridized carbons (Fsp3) is 0.385. The number of nitrogens with one attached hydrogen (secondary N) is 2. The molecule has 0 heterocycles. The second-order valence-corrected chi connectivity index (χ2v) is 4.38. The van der Waals surface area contributed by atoms with Gasteiger partial charge in [0.05, 0.1) is 5.92 Å². The highest BCUT2D eigenvalue weighted by Crippen LogP contribution is 2.09. The normalized spacial score (nSPS) is 13.5. The van der Waals surface area contributed by atoms with E-state index in [4.69, 9.17) is 5.11 Å². The molecular formula is C13H18N2O3. The number of carboxylic acids is 1.